The maximum absolute atomic E-state index is 14.1. The van der Waals surface area contributed by atoms with Gasteiger partial charge < -0.3 is 39.6 Å². The van der Waals surface area contributed by atoms with Gasteiger partial charge in [0.05, 0.1) is 26.3 Å². The van der Waals surface area contributed by atoms with Crippen LogP contribution in [0.1, 0.15) is 89.0 Å². The van der Waals surface area contributed by atoms with Crippen LogP contribution in [0.3, 0.4) is 0 Å². The van der Waals surface area contributed by atoms with E-state index in [0.29, 0.717) is 42.2 Å². The lowest BCUT2D eigenvalue weighted by molar-refractivity contribution is -0.145. The molecule has 266 valence electrons. The highest BCUT2D eigenvalue weighted by molar-refractivity contribution is 5.95. The smallest absolute Gasteiger partial charge is 0.407 e. The second kappa shape index (κ2) is 14.7. The van der Waals surface area contributed by atoms with Crippen LogP contribution in [-0.2, 0) is 19.1 Å². The van der Waals surface area contributed by atoms with Crippen molar-refractivity contribution in [1.29, 1.82) is 0 Å². The molecular weight excluding hydrogens is 632 g/mol. The Kier molecular flexibility index (Phi) is 10.4. The van der Waals surface area contributed by atoms with Gasteiger partial charge in [0.2, 0.25) is 17.7 Å². The van der Waals surface area contributed by atoms with E-state index in [9.17, 15) is 24.3 Å². The van der Waals surface area contributed by atoms with Gasteiger partial charge in [0.1, 0.15) is 35.3 Å². The summed E-state index contributed by atoms with van der Waals surface area (Å²) < 4.78 is 23.1. The minimum atomic E-state index is -1.33. The molecule has 0 unspecified atom stereocenters. The number of ether oxygens (including phenoxy) is 4. The van der Waals surface area contributed by atoms with Crippen molar-refractivity contribution in [3.63, 3.8) is 0 Å². The van der Waals surface area contributed by atoms with E-state index in [-0.39, 0.29) is 37.3 Å². The molecule has 2 aliphatic carbocycles. The summed E-state index contributed by atoms with van der Waals surface area (Å²) in [5.74, 6) is -0.565. The van der Waals surface area contributed by atoms with E-state index < -0.39 is 41.7 Å². The quantitative estimate of drug-likeness (QED) is 0.375. The van der Waals surface area contributed by atoms with E-state index >= 15 is 0 Å². The van der Waals surface area contributed by atoms with Gasteiger partial charge in [-0.25, -0.2) is 14.6 Å². The number of rotatable bonds is 7. The first kappa shape index (κ1) is 34.6. The fourth-order valence-corrected chi connectivity index (χ4v) is 7.86. The third kappa shape index (κ3) is 7.50. The lowest BCUT2D eigenvalue weighted by atomic mass is 10.0. The first-order valence-corrected chi connectivity index (χ1v) is 17.6. The van der Waals surface area contributed by atoms with Crippen molar-refractivity contribution < 1.29 is 43.2 Å². The van der Waals surface area contributed by atoms with Crippen LogP contribution in [0.2, 0.25) is 0 Å². The molecule has 2 saturated carbocycles. The van der Waals surface area contributed by atoms with E-state index in [2.05, 4.69) is 15.6 Å². The van der Waals surface area contributed by atoms with Gasteiger partial charge in [-0.2, -0.15) is 0 Å². The number of aromatic nitrogens is 1. The number of alkyl carbamates (subject to hydrolysis) is 1. The Bertz CT molecular complexity index is 1580. The van der Waals surface area contributed by atoms with Gasteiger partial charge in [0.15, 0.2) is 0 Å². The number of amides is 3. The molecule has 1 aromatic heterocycles. The van der Waals surface area contributed by atoms with E-state index in [1.165, 1.54) is 12.0 Å². The Balaban J connectivity index is 1.26. The number of aliphatic carboxylic acids is 1. The fourth-order valence-electron chi connectivity index (χ4n) is 7.86. The van der Waals surface area contributed by atoms with E-state index in [1.807, 2.05) is 19.1 Å². The van der Waals surface area contributed by atoms with Crippen LogP contribution in [0.15, 0.2) is 18.2 Å². The summed E-state index contributed by atoms with van der Waals surface area (Å²) in [6.07, 6.45) is 7.74. The molecule has 49 heavy (non-hydrogen) atoms. The van der Waals surface area contributed by atoms with E-state index in [0.717, 1.165) is 62.3 Å². The molecule has 6 rings (SSSR count). The molecule has 13 heteroatoms. The molecule has 3 N–H and O–H groups in total. The number of carboxylic acids is 1. The average molecular weight is 681 g/mol. The Labute approximate surface area is 286 Å². The topological polar surface area (TPSA) is 166 Å². The van der Waals surface area contributed by atoms with Gasteiger partial charge in [-0.15, -0.1) is 0 Å². The number of hydrogen-bond donors (Lipinski definition) is 3. The van der Waals surface area contributed by atoms with Crippen LogP contribution in [0.4, 0.5) is 4.79 Å². The Morgan fingerprint density at radius 2 is 1.71 bits per heavy atom. The van der Waals surface area contributed by atoms with Crippen LogP contribution >= 0.6 is 0 Å². The molecule has 13 nitrogen and oxygen atoms in total. The number of benzene rings is 1. The lowest BCUT2D eigenvalue weighted by Gasteiger charge is -2.27. The molecule has 0 spiro atoms. The van der Waals surface area contributed by atoms with Crippen molar-refractivity contribution in [3.8, 4) is 17.4 Å². The molecular formula is C36H48N4O9. The summed E-state index contributed by atoms with van der Waals surface area (Å²) >= 11 is 0. The Hall–Kier alpha value is -4.29. The number of methoxy groups -OCH3 is 2. The van der Waals surface area contributed by atoms with Crippen molar-refractivity contribution in [2.75, 3.05) is 20.8 Å². The Morgan fingerprint density at radius 1 is 0.980 bits per heavy atom. The highest BCUT2D eigenvalue weighted by Crippen LogP contribution is 2.47. The number of carboxylic acid groups (broad SMARTS) is 1. The molecule has 2 aliphatic heterocycles. The molecule has 2 saturated heterocycles. The zero-order valence-corrected chi connectivity index (χ0v) is 28.6. The molecule has 3 amide bonds. The number of carbonyl (C=O) groups is 4. The molecule has 2 aromatic rings. The average Bonchev–Trinajstić information content (AvgIpc) is 3.36. The standard InChI is InChI=1S/C36H48N4O9/c1-21-28(46-2)15-14-26-29(18-30(47-3)38-32(21)26)48-25-17-27-33(42)39-36(34(43)44)19-22(36)10-6-4-5-7-11-23(16-31(41)40(27)20-25)37-35(45)49-24-12-8-9-13-24/h14-15,18,22-25,27H,4-13,16-17,19-20H2,1-3H3,(H,37,45)(H,39,42)(H,43,44)/t22-,23-,25+,27-,36+/m0/s1. The number of fused-ring (bicyclic) bond motifs is 3. The summed E-state index contributed by atoms with van der Waals surface area (Å²) in [5, 5.41) is 16.7. The molecule has 0 radical (unpaired) electrons. The van der Waals surface area contributed by atoms with E-state index in [4.69, 9.17) is 18.9 Å². The highest BCUT2D eigenvalue weighted by atomic mass is 16.6. The molecule has 5 atom stereocenters. The third-order valence-corrected chi connectivity index (χ3v) is 10.7. The van der Waals surface area contributed by atoms with Crippen LogP contribution in [0.25, 0.3) is 10.9 Å². The number of aryl methyl sites for hydroxylation is 1. The summed E-state index contributed by atoms with van der Waals surface area (Å²) in [5.41, 5.74) is 0.113. The second-order valence-electron chi connectivity index (χ2n) is 14.0. The molecule has 0 bridgehead atoms. The summed E-state index contributed by atoms with van der Waals surface area (Å²) in [4.78, 5) is 59.4. The zero-order valence-electron chi connectivity index (χ0n) is 28.6. The van der Waals surface area contributed by atoms with Crippen LogP contribution in [-0.4, -0.2) is 89.5 Å². The predicted molar refractivity (Wildman–Crippen MR) is 179 cm³/mol. The SMILES string of the molecule is COc1cc(O[C@@H]2C[C@H]3C(=O)N[C@]4(C(=O)O)C[C@@H]4CCCCCC[C@H](NC(=O)OC4CCCC4)CC(=O)N3C2)c2ccc(OC)c(C)c2n1. The van der Waals surface area contributed by atoms with Crippen molar-refractivity contribution in [2.24, 2.45) is 5.92 Å². The summed E-state index contributed by atoms with van der Waals surface area (Å²) in [6, 6.07) is 3.93. The minimum Gasteiger partial charge on any atom is -0.496 e. The Morgan fingerprint density at radius 3 is 2.43 bits per heavy atom. The second-order valence-corrected chi connectivity index (χ2v) is 14.0. The van der Waals surface area contributed by atoms with Crippen molar-refractivity contribution in [2.45, 2.75) is 120 Å². The van der Waals surface area contributed by atoms with Crippen LogP contribution < -0.4 is 24.8 Å². The van der Waals surface area contributed by atoms with Gasteiger partial charge in [-0.05, 0) is 69.9 Å². The van der Waals surface area contributed by atoms with Crippen molar-refractivity contribution in [1.82, 2.24) is 20.5 Å². The zero-order chi connectivity index (χ0) is 34.7. The number of carbonyl (C=O) groups excluding carboxylic acids is 3. The summed E-state index contributed by atoms with van der Waals surface area (Å²) in [7, 11) is 3.10. The van der Waals surface area contributed by atoms with Crippen molar-refractivity contribution in [3.05, 3.63) is 23.8 Å². The van der Waals surface area contributed by atoms with E-state index in [1.54, 1.807) is 13.2 Å². The number of pyridine rings is 1. The summed E-state index contributed by atoms with van der Waals surface area (Å²) in [6.45, 7) is 1.99. The molecule has 4 fully saturated rings. The predicted octanol–water partition coefficient (Wildman–Crippen LogP) is 4.65. The minimum absolute atomic E-state index is 0.0199. The normalized spacial score (nSPS) is 28.0. The van der Waals surface area contributed by atoms with Gasteiger partial charge in [-0.1, -0.05) is 25.7 Å². The van der Waals surface area contributed by atoms with Gasteiger partial charge in [-0.3, -0.25) is 9.59 Å². The highest BCUT2D eigenvalue weighted by Gasteiger charge is 2.62. The maximum Gasteiger partial charge on any atom is 0.407 e. The van der Waals surface area contributed by atoms with Crippen molar-refractivity contribution >= 4 is 34.8 Å². The first-order chi connectivity index (χ1) is 23.6. The lowest BCUT2D eigenvalue weighted by Crippen LogP contribution is -2.53. The number of hydrogen-bond acceptors (Lipinski definition) is 9. The molecule has 3 heterocycles. The maximum atomic E-state index is 14.1. The van der Waals surface area contributed by atoms with Crippen LogP contribution in [0.5, 0.6) is 17.4 Å². The van der Waals surface area contributed by atoms with Crippen LogP contribution in [0, 0.1) is 12.8 Å². The monoisotopic (exact) mass is 680 g/mol. The number of nitrogens with zero attached hydrogens (tertiary/aromatic N) is 2. The van der Waals surface area contributed by atoms with Gasteiger partial charge in [0, 0.05) is 35.9 Å². The third-order valence-electron chi connectivity index (χ3n) is 10.7. The fraction of sp³-hybridized carbons (Fsp3) is 0.639. The largest absolute Gasteiger partial charge is 0.496 e. The van der Waals surface area contributed by atoms with Gasteiger partial charge in [0.25, 0.3) is 0 Å². The molecule has 1 aromatic carbocycles. The first-order valence-electron chi connectivity index (χ1n) is 17.6. The molecule has 4 aliphatic rings. The number of nitrogens with one attached hydrogen (secondary N) is 2. The van der Waals surface area contributed by atoms with Gasteiger partial charge >= 0.3 is 12.1 Å².